The number of amides is 4. The van der Waals surface area contributed by atoms with E-state index in [9.17, 15) is 18.8 Å². The van der Waals surface area contributed by atoms with Crippen LogP contribution >= 0.6 is 11.6 Å². The normalized spacial score (nSPS) is 14.0. The zero-order valence-corrected chi connectivity index (χ0v) is 21.5. The highest BCUT2D eigenvalue weighted by atomic mass is 35.5. The highest BCUT2D eigenvalue weighted by Crippen LogP contribution is 2.37. The molecule has 4 rings (SSSR count). The summed E-state index contributed by atoms with van der Waals surface area (Å²) < 4.78 is 24.3. The molecule has 0 radical (unpaired) electrons. The molecule has 10 heteroatoms. The monoisotopic (exact) mass is 537 g/mol. The lowest BCUT2D eigenvalue weighted by atomic mass is 10.1. The number of ether oxygens (including phenoxy) is 2. The molecule has 1 aliphatic heterocycles. The van der Waals surface area contributed by atoms with Crippen molar-refractivity contribution in [2.24, 2.45) is 0 Å². The van der Waals surface area contributed by atoms with E-state index in [-0.39, 0.29) is 42.0 Å². The molecule has 38 heavy (non-hydrogen) atoms. The summed E-state index contributed by atoms with van der Waals surface area (Å²) >= 11 is 6.44. The van der Waals surface area contributed by atoms with Gasteiger partial charge in [-0.2, -0.15) is 0 Å². The summed E-state index contributed by atoms with van der Waals surface area (Å²) in [5.74, 6) is -0.958. The van der Waals surface area contributed by atoms with Crippen molar-refractivity contribution in [3.05, 3.63) is 93.9 Å². The second-order valence-corrected chi connectivity index (χ2v) is 8.88. The van der Waals surface area contributed by atoms with Gasteiger partial charge < -0.3 is 20.1 Å². The van der Waals surface area contributed by atoms with E-state index in [1.165, 1.54) is 36.4 Å². The fourth-order valence-electron chi connectivity index (χ4n) is 3.82. The largest absolute Gasteiger partial charge is 0.490 e. The number of carbonyl (C=O) groups is 3. The Morgan fingerprint density at radius 2 is 1.87 bits per heavy atom. The van der Waals surface area contributed by atoms with Crippen LogP contribution in [0.2, 0.25) is 5.02 Å². The van der Waals surface area contributed by atoms with Crippen LogP contribution in [0.1, 0.15) is 23.6 Å². The van der Waals surface area contributed by atoms with Gasteiger partial charge in [-0.3, -0.25) is 14.5 Å². The second-order valence-electron chi connectivity index (χ2n) is 8.48. The number of rotatable bonds is 9. The first kappa shape index (κ1) is 26.7. The van der Waals surface area contributed by atoms with Gasteiger partial charge in [0, 0.05) is 5.69 Å². The fraction of sp³-hybridized carbons (Fsp3) is 0.179. The molecule has 0 saturated carbocycles. The summed E-state index contributed by atoms with van der Waals surface area (Å²) in [7, 11) is 0. The van der Waals surface area contributed by atoms with Crippen LogP contribution in [0.5, 0.6) is 11.5 Å². The minimum atomic E-state index is -0.522. The van der Waals surface area contributed by atoms with Gasteiger partial charge in [0.15, 0.2) is 18.1 Å². The Kier molecular flexibility index (Phi) is 8.28. The van der Waals surface area contributed by atoms with Crippen LogP contribution in [0.4, 0.5) is 14.9 Å². The third-order valence-corrected chi connectivity index (χ3v) is 5.78. The maximum Gasteiger partial charge on any atom is 0.329 e. The molecule has 0 aliphatic carbocycles. The van der Waals surface area contributed by atoms with Crippen molar-refractivity contribution in [3.8, 4) is 11.5 Å². The van der Waals surface area contributed by atoms with Crippen LogP contribution in [0.3, 0.4) is 0 Å². The number of anilines is 1. The summed E-state index contributed by atoms with van der Waals surface area (Å²) in [5.41, 5.74) is 2.86. The average Bonchev–Trinajstić information content (AvgIpc) is 3.12. The zero-order chi connectivity index (χ0) is 27.2. The molecule has 0 atom stereocenters. The molecule has 0 aromatic heterocycles. The average molecular weight is 538 g/mol. The number of hydrogen-bond donors (Lipinski definition) is 2. The topological polar surface area (TPSA) is 97.0 Å². The van der Waals surface area contributed by atoms with E-state index >= 15 is 0 Å². The van der Waals surface area contributed by atoms with Gasteiger partial charge in [0.25, 0.3) is 11.8 Å². The lowest BCUT2D eigenvalue weighted by Crippen LogP contribution is -2.30. The molecule has 3 aromatic rings. The van der Waals surface area contributed by atoms with Gasteiger partial charge in [-0.05, 0) is 67.4 Å². The molecule has 3 aromatic carbocycles. The second kappa shape index (κ2) is 11.8. The number of halogens is 2. The predicted molar refractivity (Wildman–Crippen MR) is 141 cm³/mol. The Hall–Kier alpha value is -4.37. The SMILES string of the molecule is CCOc1cc(/C=C2/NC(=O)N(Cc3cccc(C)c3)C2=O)cc(Cl)c1OCC(=O)Nc1ccc(F)cc1. The third-order valence-electron chi connectivity index (χ3n) is 5.50. The lowest BCUT2D eigenvalue weighted by molar-refractivity contribution is -0.123. The smallest absolute Gasteiger partial charge is 0.329 e. The number of imide groups is 1. The van der Waals surface area contributed by atoms with E-state index in [1.807, 2.05) is 31.2 Å². The number of hydrogen-bond acceptors (Lipinski definition) is 5. The molecule has 8 nitrogen and oxygen atoms in total. The maximum absolute atomic E-state index is 13.1. The maximum atomic E-state index is 13.1. The molecule has 4 amide bonds. The Bertz CT molecular complexity index is 1410. The van der Waals surface area contributed by atoms with E-state index < -0.39 is 23.7 Å². The minimum absolute atomic E-state index is 0.0912. The van der Waals surface area contributed by atoms with Crippen molar-refractivity contribution >= 4 is 41.2 Å². The van der Waals surface area contributed by atoms with Gasteiger partial charge in [-0.25, -0.2) is 9.18 Å². The number of nitrogens with zero attached hydrogens (tertiary/aromatic N) is 1. The van der Waals surface area contributed by atoms with E-state index in [1.54, 1.807) is 13.0 Å². The van der Waals surface area contributed by atoms with Crippen molar-refractivity contribution < 1.29 is 28.2 Å². The number of aryl methyl sites for hydroxylation is 1. The molecule has 1 fully saturated rings. The zero-order valence-electron chi connectivity index (χ0n) is 20.7. The van der Waals surface area contributed by atoms with E-state index in [4.69, 9.17) is 21.1 Å². The van der Waals surface area contributed by atoms with Gasteiger partial charge >= 0.3 is 6.03 Å². The number of benzene rings is 3. The first-order valence-electron chi connectivity index (χ1n) is 11.8. The summed E-state index contributed by atoms with van der Waals surface area (Å²) in [5, 5.41) is 5.34. The Labute approximate surface area is 224 Å². The van der Waals surface area contributed by atoms with Gasteiger partial charge in [-0.15, -0.1) is 0 Å². The molecular weight excluding hydrogens is 513 g/mol. The molecule has 0 bridgehead atoms. The highest BCUT2D eigenvalue weighted by molar-refractivity contribution is 6.32. The van der Waals surface area contributed by atoms with Gasteiger partial charge in [0.05, 0.1) is 18.2 Å². The van der Waals surface area contributed by atoms with Crippen LogP contribution in [-0.2, 0) is 16.1 Å². The molecule has 196 valence electrons. The van der Waals surface area contributed by atoms with Crippen LogP contribution < -0.4 is 20.1 Å². The Morgan fingerprint density at radius 3 is 2.58 bits per heavy atom. The van der Waals surface area contributed by atoms with Crippen molar-refractivity contribution in [1.29, 1.82) is 0 Å². The molecular formula is C28H25ClFN3O5. The summed E-state index contributed by atoms with van der Waals surface area (Å²) in [6, 6.07) is 15.5. The summed E-state index contributed by atoms with van der Waals surface area (Å²) in [6.45, 7) is 3.76. The quantitative estimate of drug-likeness (QED) is 0.285. The molecule has 1 heterocycles. The van der Waals surface area contributed by atoms with Crippen LogP contribution in [0, 0.1) is 12.7 Å². The first-order valence-corrected chi connectivity index (χ1v) is 12.2. The number of carbonyl (C=O) groups excluding carboxylic acids is 3. The molecule has 1 saturated heterocycles. The van der Waals surface area contributed by atoms with Crippen molar-refractivity contribution in [1.82, 2.24) is 10.2 Å². The van der Waals surface area contributed by atoms with Gasteiger partial charge in [0.1, 0.15) is 11.5 Å². The van der Waals surface area contributed by atoms with Crippen molar-refractivity contribution in [2.45, 2.75) is 20.4 Å². The summed E-state index contributed by atoms with van der Waals surface area (Å²) in [6.07, 6.45) is 1.50. The lowest BCUT2D eigenvalue weighted by Gasteiger charge is -2.15. The molecule has 0 unspecified atom stereocenters. The van der Waals surface area contributed by atoms with Crippen molar-refractivity contribution in [2.75, 3.05) is 18.5 Å². The van der Waals surface area contributed by atoms with Crippen LogP contribution in [0.15, 0.2) is 66.4 Å². The van der Waals surface area contributed by atoms with E-state index in [0.29, 0.717) is 11.3 Å². The van der Waals surface area contributed by atoms with E-state index in [2.05, 4.69) is 10.6 Å². The van der Waals surface area contributed by atoms with Gasteiger partial charge in [-0.1, -0.05) is 41.4 Å². The Balaban J connectivity index is 1.48. The molecule has 2 N–H and O–H groups in total. The minimum Gasteiger partial charge on any atom is -0.490 e. The Morgan fingerprint density at radius 1 is 1.11 bits per heavy atom. The molecule has 1 aliphatic rings. The standard InChI is InChI=1S/C28H25ClFN3O5/c1-3-37-24-14-19(12-22(29)26(24)38-16-25(34)31-21-9-7-20(30)8-10-21)13-23-27(35)33(28(36)32-23)15-18-6-4-5-17(2)11-18/h4-14H,3,15-16H2,1-2H3,(H,31,34)(H,32,36)/b23-13+. The number of nitrogens with one attached hydrogen (secondary N) is 2. The predicted octanol–water partition coefficient (Wildman–Crippen LogP) is 5.30. The number of urea groups is 1. The highest BCUT2D eigenvalue weighted by Gasteiger charge is 2.33. The fourth-order valence-corrected chi connectivity index (χ4v) is 4.09. The molecule has 0 spiro atoms. The van der Waals surface area contributed by atoms with Crippen molar-refractivity contribution in [3.63, 3.8) is 0 Å². The van der Waals surface area contributed by atoms with Crippen LogP contribution in [-0.4, -0.2) is 36.0 Å². The first-order chi connectivity index (χ1) is 18.2. The van der Waals surface area contributed by atoms with Gasteiger partial charge in [0.2, 0.25) is 0 Å². The van der Waals surface area contributed by atoms with E-state index in [0.717, 1.165) is 16.0 Å². The third kappa shape index (κ3) is 6.49. The van der Waals surface area contributed by atoms with Crippen LogP contribution in [0.25, 0.3) is 6.08 Å². The summed E-state index contributed by atoms with van der Waals surface area (Å²) in [4.78, 5) is 38.8.